The van der Waals surface area contributed by atoms with Gasteiger partial charge in [0.15, 0.2) is 0 Å². The van der Waals surface area contributed by atoms with Gasteiger partial charge in [-0.2, -0.15) is 5.26 Å². The normalized spacial score (nSPS) is 14.6. The number of benzene rings is 2. The number of piperidine rings is 1. The van der Waals surface area contributed by atoms with Gasteiger partial charge in [-0.05, 0) is 56.7 Å². The SMILES string of the molecule is CC(C)(C)OC(=O)N1CCC(Oc2ccc(N(CC=Cc3cccc(C#N)c3)S(C)(=O)=O)cc2C(N)=O)CC1. The van der Waals surface area contributed by atoms with E-state index in [1.54, 1.807) is 47.4 Å². The number of nitrogens with two attached hydrogens (primary N) is 1. The fourth-order valence-electron chi connectivity index (χ4n) is 4.06. The van der Waals surface area contributed by atoms with Crippen molar-refractivity contribution < 1.29 is 27.5 Å². The largest absolute Gasteiger partial charge is 0.489 e. The second kappa shape index (κ2) is 12.2. The predicted octanol–water partition coefficient (Wildman–Crippen LogP) is 3.91. The first kappa shape index (κ1) is 29.5. The van der Waals surface area contributed by atoms with Crippen LogP contribution in [0.3, 0.4) is 0 Å². The fourth-order valence-corrected chi connectivity index (χ4v) is 4.91. The number of amides is 2. The Morgan fingerprint density at radius 3 is 2.46 bits per heavy atom. The summed E-state index contributed by atoms with van der Waals surface area (Å²) in [6.07, 6.45) is 4.88. The Hall–Kier alpha value is -4.04. The van der Waals surface area contributed by atoms with Crippen molar-refractivity contribution >= 4 is 33.8 Å². The fraction of sp³-hybridized carbons (Fsp3) is 0.393. The Morgan fingerprint density at radius 2 is 1.87 bits per heavy atom. The molecule has 10 nitrogen and oxygen atoms in total. The third kappa shape index (κ3) is 8.48. The molecule has 39 heavy (non-hydrogen) atoms. The molecule has 208 valence electrons. The number of hydrogen-bond acceptors (Lipinski definition) is 7. The van der Waals surface area contributed by atoms with Crippen molar-refractivity contribution in [3.63, 3.8) is 0 Å². The van der Waals surface area contributed by atoms with Gasteiger partial charge >= 0.3 is 6.09 Å². The lowest BCUT2D eigenvalue weighted by molar-refractivity contribution is 0.0126. The zero-order chi connectivity index (χ0) is 28.8. The van der Waals surface area contributed by atoms with Crippen molar-refractivity contribution in [2.45, 2.75) is 45.3 Å². The van der Waals surface area contributed by atoms with E-state index in [1.807, 2.05) is 20.8 Å². The van der Waals surface area contributed by atoms with Gasteiger partial charge < -0.3 is 20.1 Å². The molecule has 3 rings (SSSR count). The molecule has 0 saturated carbocycles. The summed E-state index contributed by atoms with van der Waals surface area (Å²) in [7, 11) is -3.71. The van der Waals surface area contributed by atoms with E-state index >= 15 is 0 Å². The van der Waals surface area contributed by atoms with Crippen molar-refractivity contribution in [2.24, 2.45) is 5.73 Å². The third-order valence-corrected chi connectivity index (χ3v) is 7.06. The molecule has 1 aliphatic heterocycles. The Labute approximate surface area is 229 Å². The Kier molecular flexibility index (Phi) is 9.24. The quantitative estimate of drug-likeness (QED) is 0.521. The van der Waals surface area contributed by atoms with Gasteiger partial charge in [-0.25, -0.2) is 13.2 Å². The zero-order valence-electron chi connectivity index (χ0n) is 22.6. The number of carbonyl (C=O) groups is 2. The lowest BCUT2D eigenvalue weighted by atomic mass is 10.1. The van der Waals surface area contributed by atoms with Crippen molar-refractivity contribution in [2.75, 3.05) is 30.2 Å². The molecule has 1 saturated heterocycles. The van der Waals surface area contributed by atoms with Gasteiger partial charge in [0, 0.05) is 25.9 Å². The molecule has 1 fully saturated rings. The molecule has 0 atom stereocenters. The number of likely N-dealkylation sites (tertiary alicyclic amines) is 1. The van der Waals surface area contributed by atoms with E-state index < -0.39 is 21.5 Å². The molecule has 0 aromatic heterocycles. The minimum absolute atomic E-state index is 0.00283. The van der Waals surface area contributed by atoms with E-state index in [9.17, 15) is 18.0 Å². The van der Waals surface area contributed by atoms with Gasteiger partial charge in [0.2, 0.25) is 10.0 Å². The van der Waals surface area contributed by atoms with Gasteiger partial charge in [-0.3, -0.25) is 9.10 Å². The summed E-state index contributed by atoms with van der Waals surface area (Å²) < 4.78 is 37.8. The molecule has 2 aromatic carbocycles. The van der Waals surface area contributed by atoms with E-state index in [-0.39, 0.29) is 35.7 Å². The Morgan fingerprint density at radius 1 is 1.18 bits per heavy atom. The zero-order valence-corrected chi connectivity index (χ0v) is 23.4. The molecule has 2 N–H and O–H groups in total. The maximum Gasteiger partial charge on any atom is 0.410 e. The minimum atomic E-state index is -3.71. The standard InChI is InChI=1S/C28H34N4O6S/c1-28(2,3)38-27(34)31-15-12-23(13-16-31)37-25-11-10-22(18-24(25)26(30)33)32(39(4,35)36)14-6-9-20-7-5-8-21(17-20)19-29/h5-11,17-18,23H,12-16H2,1-4H3,(H2,30,33). The molecule has 0 aliphatic carbocycles. The molecule has 1 aliphatic rings. The second-order valence-electron chi connectivity index (χ2n) is 10.3. The molecule has 0 radical (unpaired) electrons. The summed E-state index contributed by atoms with van der Waals surface area (Å²) in [5, 5.41) is 9.07. The molecule has 0 unspecified atom stereocenters. The van der Waals surface area contributed by atoms with Crippen LogP contribution < -0.4 is 14.8 Å². The smallest absolute Gasteiger partial charge is 0.410 e. The van der Waals surface area contributed by atoms with Crippen molar-refractivity contribution in [1.29, 1.82) is 5.26 Å². The van der Waals surface area contributed by atoms with Gasteiger partial charge in [0.1, 0.15) is 17.5 Å². The van der Waals surface area contributed by atoms with Crippen LogP contribution in [0.25, 0.3) is 6.08 Å². The maximum atomic E-state index is 12.6. The molecule has 2 aromatic rings. The Bertz CT molecular complexity index is 1380. The summed E-state index contributed by atoms with van der Waals surface area (Å²) in [6.45, 7) is 6.31. The molecular formula is C28H34N4O6S. The molecule has 2 amide bonds. The van der Waals surface area contributed by atoms with Crippen LogP contribution in [0, 0.1) is 11.3 Å². The van der Waals surface area contributed by atoms with Crippen molar-refractivity contribution in [1.82, 2.24) is 4.90 Å². The number of nitriles is 1. The molecule has 0 bridgehead atoms. The average Bonchev–Trinajstić information content (AvgIpc) is 2.85. The van der Waals surface area contributed by atoms with Crippen molar-refractivity contribution in [3.05, 3.63) is 65.2 Å². The minimum Gasteiger partial charge on any atom is -0.489 e. The first-order valence-corrected chi connectivity index (χ1v) is 14.3. The number of nitrogens with zero attached hydrogens (tertiary/aromatic N) is 3. The van der Waals surface area contributed by atoms with Gasteiger partial charge in [0.05, 0.1) is 35.7 Å². The third-order valence-electron chi connectivity index (χ3n) is 5.90. The van der Waals surface area contributed by atoms with E-state index in [2.05, 4.69) is 6.07 Å². The average molecular weight is 555 g/mol. The van der Waals surface area contributed by atoms with Crippen LogP contribution in [-0.2, 0) is 14.8 Å². The predicted molar refractivity (Wildman–Crippen MR) is 149 cm³/mol. The van der Waals surface area contributed by atoms with Crippen molar-refractivity contribution in [3.8, 4) is 11.8 Å². The maximum absolute atomic E-state index is 12.6. The van der Waals surface area contributed by atoms with Crippen LogP contribution in [0.1, 0.15) is 55.1 Å². The number of primary amides is 1. The number of sulfonamides is 1. The summed E-state index contributed by atoms with van der Waals surface area (Å²) in [5.74, 6) is -0.505. The van der Waals surface area contributed by atoms with Gasteiger partial charge in [-0.1, -0.05) is 24.3 Å². The summed E-state index contributed by atoms with van der Waals surface area (Å²) in [5.41, 5.74) is 6.60. The van der Waals surface area contributed by atoms with Crippen LogP contribution in [0.15, 0.2) is 48.5 Å². The molecule has 1 heterocycles. The van der Waals surface area contributed by atoms with Gasteiger partial charge in [0.25, 0.3) is 5.91 Å². The Balaban J connectivity index is 1.74. The highest BCUT2D eigenvalue weighted by atomic mass is 32.2. The van der Waals surface area contributed by atoms with Crippen LogP contribution >= 0.6 is 0 Å². The molecule has 0 spiro atoms. The van der Waals surface area contributed by atoms with E-state index in [0.29, 0.717) is 31.5 Å². The van der Waals surface area contributed by atoms with E-state index in [0.717, 1.165) is 16.1 Å². The second-order valence-corrected chi connectivity index (χ2v) is 12.2. The number of anilines is 1. The number of rotatable bonds is 8. The summed E-state index contributed by atoms with van der Waals surface area (Å²) in [4.78, 5) is 26.2. The molecular weight excluding hydrogens is 520 g/mol. The number of carbonyl (C=O) groups excluding carboxylic acids is 2. The first-order valence-electron chi connectivity index (χ1n) is 12.5. The monoisotopic (exact) mass is 554 g/mol. The van der Waals surface area contributed by atoms with Crippen LogP contribution in [0.2, 0.25) is 0 Å². The topological polar surface area (TPSA) is 143 Å². The number of ether oxygens (including phenoxy) is 2. The highest BCUT2D eigenvalue weighted by Gasteiger charge is 2.28. The van der Waals surface area contributed by atoms with E-state index in [1.165, 1.54) is 12.1 Å². The highest BCUT2D eigenvalue weighted by molar-refractivity contribution is 7.92. The lowest BCUT2D eigenvalue weighted by Gasteiger charge is -2.33. The highest BCUT2D eigenvalue weighted by Crippen LogP contribution is 2.29. The van der Waals surface area contributed by atoms with Gasteiger partial charge in [-0.15, -0.1) is 0 Å². The number of hydrogen-bond donors (Lipinski definition) is 1. The lowest BCUT2D eigenvalue weighted by Crippen LogP contribution is -2.44. The summed E-state index contributed by atoms with van der Waals surface area (Å²) in [6, 6.07) is 13.5. The van der Waals surface area contributed by atoms with Crippen LogP contribution in [0.5, 0.6) is 5.75 Å². The van der Waals surface area contributed by atoms with Crippen LogP contribution in [0.4, 0.5) is 10.5 Å². The van der Waals surface area contributed by atoms with Crippen LogP contribution in [-0.4, -0.2) is 62.9 Å². The molecule has 11 heteroatoms. The summed E-state index contributed by atoms with van der Waals surface area (Å²) >= 11 is 0. The first-order chi connectivity index (χ1) is 18.3. The van der Waals surface area contributed by atoms with E-state index in [4.69, 9.17) is 20.5 Å².